The van der Waals surface area contributed by atoms with Gasteiger partial charge in [0.05, 0.1) is 0 Å². The van der Waals surface area contributed by atoms with Crippen molar-refractivity contribution in [3.05, 3.63) is 35.9 Å². The second-order valence-electron chi connectivity index (χ2n) is 6.21. The van der Waals surface area contributed by atoms with Crippen LogP contribution in [0.5, 0.6) is 0 Å². The summed E-state index contributed by atoms with van der Waals surface area (Å²) in [4.78, 5) is 14.8. The highest BCUT2D eigenvalue weighted by atomic mass is 16.2. The quantitative estimate of drug-likeness (QED) is 0.886. The number of piperidine rings is 1. The van der Waals surface area contributed by atoms with E-state index in [1.807, 2.05) is 30.3 Å². The van der Waals surface area contributed by atoms with Gasteiger partial charge in [-0.3, -0.25) is 4.79 Å². The lowest BCUT2D eigenvalue weighted by molar-refractivity contribution is 0.0392. The van der Waals surface area contributed by atoms with Gasteiger partial charge in [0, 0.05) is 23.7 Å². The number of amides is 1. The molecule has 1 aliphatic rings. The molecule has 1 heterocycles. The molecule has 0 bridgehead atoms. The van der Waals surface area contributed by atoms with Crippen molar-refractivity contribution >= 4 is 5.91 Å². The second-order valence-corrected chi connectivity index (χ2v) is 6.21. The van der Waals surface area contributed by atoms with E-state index >= 15 is 0 Å². The van der Waals surface area contributed by atoms with Crippen LogP contribution in [0.2, 0.25) is 0 Å². The van der Waals surface area contributed by atoms with Crippen molar-refractivity contribution in [1.29, 1.82) is 0 Å². The molecule has 0 aliphatic carbocycles. The maximum atomic E-state index is 12.8. The lowest BCUT2D eigenvalue weighted by Gasteiger charge is -2.43. The van der Waals surface area contributed by atoms with Crippen LogP contribution in [0.4, 0.5) is 0 Å². The van der Waals surface area contributed by atoms with Crippen LogP contribution in [0.15, 0.2) is 30.3 Å². The summed E-state index contributed by atoms with van der Waals surface area (Å²) in [6.07, 6.45) is 2.22. The molecule has 0 radical (unpaired) electrons. The summed E-state index contributed by atoms with van der Waals surface area (Å²) in [5, 5.41) is 3.40. The topological polar surface area (TPSA) is 32.3 Å². The summed E-state index contributed by atoms with van der Waals surface area (Å²) in [6, 6.07) is 9.89. The van der Waals surface area contributed by atoms with Gasteiger partial charge in [0.1, 0.15) is 0 Å². The summed E-state index contributed by atoms with van der Waals surface area (Å²) in [6.45, 7) is 8.30. The normalized spacial score (nSPS) is 20.1. The van der Waals surface area contributed by atoms with Crippen molar-refractivity contribution in [1.82, 2.24) is 10.2 Å². The molecule has 0 saturated carbocycles. The highest BCUT2D eigenvalue weighted by Crippen LogP contribution is 2.24. The monoisotopic (exact) mass is 260 g/mol. The number of carbonyl (C=O) groups excluding carboxylic acids is 1. The Balaban J connectivity index is 2.25. The lowest BCUT2D eigenvalue weighted by atomic mass is 9.96. The smallest absolute Gasteiger partial charge is 0.254 e. The molecule has 1 fully saturated rings. The predicted octanol–water partition coefficient (Wildman–Crippen LogP) is 2.68. The molecule has 1 aromatic rings. The second kappa shape index (κ2) is 5.74. The van der Waals surface area contributed by atoms with Crippen molar-refractivity contribution in [2.75, 3.05) is 13.1 Å². The Hall–Kier alpha value is -1.35. The van der Waals surface area contributed by atoms with E-state index in [4.69, 9.17) is 0 Å². The Bertz CT molecular complexity index is 416. The van der Waals surface area contributed by atoms with E-state index < -0.39 is 0 Å². The Kier molecular flexibility index (Phi) is 4.25. The average Bonchev–Trinajstić information content (AvgIpc) is 2.39. The Morgan fingerprint density at radius 1 is 1.26 bits per heavy atom. The zero-order valence-corrected chi connectivity index (χ0v) is 12.1. The van der Waals surface area contributed by atoms with Gasteiger partial charge >= 0.3 is 0 Å². The Labute approximate surface area is 116 Å². The van der Waals surface area contributed by atoms with Gasteiger partial charge in [0.15, 0.2) is 0 Å². The third kappa shape index (κ3) is 3.35. The number of hydrogen-bond donors (Lipinski definition) is 1. The van der Waals surface area contributed by atoms with Crippen molar-refractivity contribution < 1.29 is 4.79 Å². The van der Waals surface area contributed by atoms with Crippen LogP contribution in [0, 0.1) is 0 Å². The van der Waals surface area contributed by atoms with E-state index in [1.54, 1.807) is 0 Å². The molecular weight excluding hydrogens is 236 g/mol. The molecule has 1 amide bonds. The molecule has 1 aliphatic heterocycles. The zero-order valence-electron chi connectivity index (χ0n) is 12.1. The van der Waals surface area contributed by atoms with Gasteiger partial charge in [-0.15, -0.1) is 0 Å². The third-order valence-electron chi connectivity index (χ3n) is 3.60. The van der Waals surface area contributed by atoms with Crippen molar-refractivity contribution in [3.63, 3.8) is 0 Å². The molecule has 1 saturated heterocycles. The van der Waals surface area contributed by atoms with E-state index in [1.165, 1.54) is 0 Å². The minimum absolute atomic E-state index is 0.141. The lowest BCUT2D eigenvalue weighted by Crippen LogP contribution is -2.56. The first-order valence-corrected chi connectivity index (χ1v) is 7.09. The fraction of sp³-hybridized carbons (Fsp3) is 0.562. The maximum Gasteiger partial charge on any atom is 0.254 e. The number of benzene rings is 1. The first-order valence-electron chi connectivity index (χ1n) is 7.09. The van der Waals surface area contributed by atoms with Crippen molar-refractivity contribution in [2.24, 2.45) is 0 Å². The van der Waals surface area contributed by atoms with Crippen LogP contribution in [-0.2, 0) is 0 Å². The number of hydrogen-bond acceptors (Lipinski definition) is 2. The molecule has 1 aromatic carbocycles. The minimum Gasteiger partial charge on any atom is -0.330 e. The number of carbonyl (C=O) groups is 1. The van der Waals surface area contributed by atoms with Crippen LogP contribution in [0.3, 0.4) is 0 Å². The molecule has 3 nitrogen and oxygen atoms in total. The van der Waals surface area contributed by atoms with Crippen LogP contribution in [-0.4, -0.2) is 35.5 Å². The summed E-state index contributed by atoms with van der Waals surface area (Å²) >= 11 is 0. The Morgan fingerprint density at radius 2 is 1.95 bits per heavy atom. The molecule has 104 valence electrons. The highest BCUT2D eigenvalue weighted by molar-refractivity contribution is 5.94. The molecular formula is C16H24N2O. The summed E-state index contributed by atoms with van der Waals surface area (Å²) < 4.78 is 0. The van der Waals surface area contributed by atoms with E-state index in [9.17, 15) is 4.79 Å². The first-order chi connectivity index (χ1) is 9.00. The Morgan fingerprint density at radius 3 is 2.47 bits per heavy atom. The third-order valence-corrected chi connectivity index (χ3v) is 3.60. The van der Waals surface area contributed by atoms with Crippen molar-refractivity contribution in [2.45, 2.75) is 45.2 Å². The van der Waals surface area contributed by atoms with Gasteiger partial charge in [-0.2, -0.15) is 0 Å². The highest BCUT2D eigenvalue weighted by Gasteiger charge is 2.34. The van der Waals surface area contributed by atoms with E-state index in [2.05, 4.69) is 31.0 Å². The van der Waals surface area contributed by atoms with Crippen molar-refractivity contribution in [3.8, 4) is 0 Å². The maximum absolute atomic E-state index is 12.8. The van der Waals surface area contributed by atoms with Gasteiger partial charge in [0.25, 0.3) is 5.91 Å². The van der Waals surface area contributed by atoms with E-state index in [-0.39, 0.29) is 11.4 Å². The molecule has 0 spiro atoms. The summed E-state index contributed by atoms with van der Waals surface area (Å²) in [7, 11) is 0. The number of nitrogens with zero attached hydrogens (tertiary/aromatic N) is 1. The van der Waals surface area contributed by atoms with Gasteiger partial charge in [-0.25, -0.2) is 0 Å². The molecule has 19 heavy (non-hydrogen) atoms. The molecule has 1 N–H and O–H groups in total. The van der Waals surface area contributed by atoms with Gasteiger partial charge < -0.3 is 10.2 Å². The van der Waals surface area contributed by atoms with Gasteiger partial charge in [-0.1, -0.05) is 18.2 Å². The molecule has 0 aromatic heterocycles. The van der Waals surface area contributed by atoms with E-state index in [0.29, 0.717) is 6.04 Å². The first kappa shape index (κ1) is 14.1. The fourth-order valence-electron chi connectivity index (χ4n) is 2.79. The zero-order chi connectivity index (χ0) is 13.9. The van der Waals surface area contributed by atoms with Crippen LogP contribution in [0.1, 0.15) is 44.0 Å². The minimum atomic E-state index is -0.156. The average molecular weight is 260 g/mol. The van der Waals surface area contributed by atoms with Gasteiger partial charge in [-0.05, 0) is 52.3 Å². The summed E-state index contributed by atoms with van der Waals surface area (Å²) in [5.41, 5.74) is 0.624. The molecule has 1 atom stereocenters. The molecule has 3 heteroatoms. The van der Waals surface area contributed by atoms with Gasteiger partial charge in [0.2, 0.25) is 0 Å². The fourth-order valence-corrected chi connectivity index (χ4v) is 2.79. The van der Waals surface area contributed by atoms with Crippen LogP contribution < -0.4 is 5.32 Å². The largest absolute Gasteiger partial charge is 0.330 e. The number of nitrogens with one attached hydrogen (secondary N) is 1. The van der Waals surface area contributed by atoms with Crippen LogP contribution in [0.25, 0.3) is 0 Å². The molecule has 2 rings (SSSR count). The van der Waals surface area contributed by atoms with E-state index in [0.717, 1.165) is 31.5 Å². The van der Waals surface area contributed by atoms with Crippen LogP contribution >= 0.6 is 0 Å². The predicted molar refractivity (Wildman–Crippen MR) is 78.3 cm³/mol. The summed E-state index contributed by atoms with van der Waals surface area (Å²) in [5.74, 6) is 0.141. The SMILES string of the molecule is CC(C)(C)N(C(=O)c1ccccc1)C1CCCNC1. The number of rotatable bonds is 2. The standard InChI is InChI=1S/C16H24N2O/c1-16(2,3)18(14-10-7-11-17-12-14)15(19)13-8-5-4-6-9-13/h4-6,8-9,14,17H,7,10-12H2,1-3H3. The molecule has 1 unspecified atom stereocenters.